The van der Waals surface area contributed by atoms with Crippen molar-refractivity contribution >= 4 is 46.4 Å². The van der Waals surface area contributed by atoms with Crippen LogP contribution in [-0.4, -0.2) is 0 Å². The van der Waals surface area contributed by atoms with E-state index in [-0.39, 0.29) is 24.8 Å². The van der Waals surface area contributed by atoms with Gasteiger partial charge >= 0.3 is 0 Å². The molecule has 0 unspecified atom stereocenters. The first kappa shape index (κ1) is 28.1. The van der Waals surface area contributed by atoms with Crippen molar-refractivity contribution in [3.63, 3.8) is 0 Å². The van der Waals surface area contributed by atoms with Gasteiger partial charge in [0.1, 0.15) is 22.0 Å². The molecular weight excluding hydrogens is 362 g/mol. The summed E-state index contributed by atoms with van der Waals surface area (Å²) in [6.07, 6.45) is 0. The highest BCUT2D eigenvalue weighted by molar-refractivity contribution is 6.56. The SMILES string of the molecule is C/C(F)=C/Cl.C/C(F)=C\Cl.C=C(C)F.CC(F)=C(Cl)Cl.[HH].[HH]. The third kappa shape index (κ3) is 82.3. The molecule has 124 valence electrons. The molecular formula is C12H20Cl4F4. The van der Waals surface area contributed by atoms with E-state index in [1.165, 1.54) is 27.7 Å². The molecule has 0 radical (unpaired) electrons. The van der Waals surface area contributed by atoms with Crippen LogP contribution in [0.25, 0.3) is 0 Å². The van der Waals surface area contributed by atoms with Crippen LogP contribution < -0.4 is 0 Å². The van der Waals surface area contributed by atoms with E-state index in [1.54, 1.807) is 0 Å². The second-order valence-corrected chi connectivity index (χ2v) is 4.25. The Morgan fingerprint density at radius 2 is 0.950 bits per heavy atom. The quantitative estimate of drug-likeness (QED) is 0.368. The van der Waals surface area contributed by atoms with Crippen LogP contribution in [0.1, 0.15) is 30.5 Å². The lowest BCUT2D eigenvalue weighted by atomic mass is 10.7. The molecule has 0 aromatic carbocycles. The first-order valence-corrected chi connectivity index (χ1v) is 6.38. The predicted octanol–water partition coefficient (Wildman–Crippen LogP) is 8.72. The van der Waals surface area contributed by atoms with E-state index in [2.05, 4.69) is 6.58 Å². The van der Waals surface area contributed by atoms with Crippen molar-refractivity contribution in [2.24, 2.45) is 0 Å². The summed E-state index contributed by atoms with van der Waals surface area (Å²) in [5.74, 6) is -1.59. The van der Waals surface area contributed by atoms with Gasteiger partial charge in [0.05, 0.1) is 5.83 Å². The number of halogens is 8. The second-order valence-electron chi connectivity index (χ2n) is 2.86. The maximum Gasteiger partial charge on any atom is 0.137 e. The topological polar surface area (TPSA) is 0 Å². The Morgan fingerprint density at radius 3 is 0.950 bits per heavy atom. The molecule has 0 fully saturated rings. The van der Waals surface area contributed by atoms with E-state index in [0.29, 0.717) is 0 Å². The summed E-state index contributed by atoms with van der Waals surface area (Å²) in [6.45, 7) is 7.95. The first-order chi connectivity index (χ1) is 8.91. The second kappa shape index (κ2) is 21.1. The van der Waals surface area contributed by atoms with Crippen molar-refractivity contribution in [2.45, 2.75) is 27.7 Å². The van der Waals surface area contributed by atoms with Crippen LogP contribution in [0.5, 0.6) is 0 Å². The minimum Gasteiger partial charge on any atom is -0.213 e. The molecule has 0 nitrogen and oxygen atoms in total. The van der Waals surface area contributed by atoms with Crippen molar-refractivity contribution < 1.29 is 20.4 Å². The summed E-state index contributed by atoms with van der Waals surface area (Å²) in [5.41, 5.74) is 1.78. The largest absolute Gasteiger partial charge is 0.213 e. The normalized spacial score (nSPS) is 9.80. The van der Waals surface area contributed by atoms with Crippen LogP contribution in [0.4, 0.5) is 17.6 Å². The molecule has 0 bridgehead atoms. The van der Waals surface area contributed by atoms with Crippen molar-refractivity contribution in [1.29, 1.82) is 0 Å². The maximum absolute atomic E-state index is 11.4. The molecule has 0 aliphatic heterocycles. The zero-order valence-electron chi connectivity index (χ0n) is 11.4. The van der Waals surface area contributed by atoms with Gasteiger partial charge in [-0.2, -0.15) is 0 Å². The summed E-state index contributed by atoms with van der Waals surface area (Å²) < 4.78 is 44.3. The van der Waals surface area contributed by atoms with Gasteiger partial charge in [-0.3, -0.25) is 0 Å². The molecule has 0 saturated heterocycles. The maximum atomic E-state index is 11.4. The molecule has 0 saturated carbocycles. The van der Waals surface area contributed by atoms with Crippen molar-refractivity contribution in [2.75, 3.05) is 0 Å². The fraction of sp³-hybridized carbons (Fsp3) is 0.333. The fourth-order valence-electron chi connectivity index (χ4n) is 0. The van der Waals surface area contributed by atoms with Gasteiger partial charge in [-0.05, 0) is 27.7 Å². The Bertz CT molecular complexity index is 300. The van der Waals surface area contributed by atoms with E-state index < -0.39 is 5.83 Å². The molecule has 20 heavy (non-hydrogen) atoms. The van der Waals surface area contributed by atoms with Gasteiger partial charge in [-0.25, -0.2) is 17.6 Å². The highest BCUT2D eigenvalue weighted by Gasteiger charge is 1.87. The van der Waals surface area contributed by atoms with Gasteiger partial charge in [0.25, 0.3) is 0 Å². The Labute approximate surface area is 140 Å². The van der Waals surface area contributed by atoms with Crippen LogP contribution >= 0.6 is 46.4 Å². The predicted molar refractivity (Wildman–Crippen MR) is 87.1 cm³/mol. The average Bonchev–Trinajstić information content (AvgIpc) is 2.29. The Morgan fingerprint density at radius 1 is 0.850 bits per heavy atom. The zero-order valence-corrected chi connectivity index (χ0v) is 14.4. The lowest BCUT2D eigenvalue weighted by molar-refractivity contribution is 0.640. The van der Waals surface area contributed by atoms with Crippen LogP contribution in [0, 0.1) is 0 Å². The van der Waals surface area contributed by atoms with E-state index >= 15 is 0 Å². The molecule has 8 heteroatoms. The summed E-state index contributed by atoms with van der Waals surface area (Å²) in [6, 6.07) is 0. The zero-order chi connectivity index (χ0) is 17.3. The molecule has 0 aliphatic carbocycles. The number of hydrogen-bond donors (Lipinski definition) is 0. The van der Waals surface area contributed by atoms with E-state index in [4.69, 9.17) is 46.4 Å². The van der Waals surface area contributed by atoms with Gasteiger partial charge in [-0.15, -0.1) is 0 Å². The van der Waals surface area contributed by atoms with Gasteiger partial charge in [0, 0.05) is 13.9 Å². The Hall–Kier alpha value is -0.160. The monoisotopic (exact) mass is 380 g/mol. The van der Waals surface area contributed by atoms with E-state index in [0.717, 1.165) is 11.1 Å². The molecule has 0 rings (SSSR count). The van der Waals surface area contributed by atoms with Crippen LogP contribution in [0.3, 0.4) is 0 Å². The third-order valence-electron chi connectivity index (χ3n) is 0.561. The minimum atomic E-state index is -0.543. The molecule has 0 spiro atoms. The van der Waals surface area contributed by atoms with Gasteiger partial charge < -0.3 is 0 Å². The molecule has 0 aromatic heterocycles. The number of rotatable bonds is 0. The third-order valence-corrected chi connectivity index (χ3v) is 1.68. The van der Waals surface area contributed by atoms with E-state index in [9.17, 15) is 17.6 Å². The highest BCUT2D eigenvalue weighted by atomic mass is 35.5. The smallest absolute Gasteiger partial charge is 0.137 e. The molecule has 0 aliphatic rings. The van der Waals surface area contributed by atoms with Crippen molar-refractivity contribution in [3.05, 3.63) is 45.4 Å². The van der Waals surface area contributed by atoms with Gasteiger partial charge in [0.15, 0.2) is 0 Å². The number of allylic oxidation sites excluding steroid dienone is 4. The number of hydrogen-bond acceptors (Lipinski definition) is 0. The van der Waals surface area contributed by atoms with Crippen LogP contribution in [0.15, 0.2) is 45.4 Å². The summed E-state index contributed by atoms with van der Waals surface area (Å²) in [5, 5.41) is 0. The summed E-state index contributed by atoms with van der Waals surface area (Å²) >= 11 is 19.4. The molecule has 0 aromatic rings. The van der Waals surface area contributed by atoms with Crippen LogP contribution in [-0.2, 0) is 0 Å². The fourth-order valence-corrected chi connectivity index (χ4v) is 0. The van der Waals surface area contributed by atoms with Crippen LogP contribution in [0.2, 0.25) is 0 Å². The van der Waals surface area contributed by atoms with Crippen molar-refractivity contribution in [3.8, 4) is 0 Å². The average molecular weight is 382 g/mol. The minimum absolute atomic E-state index is 0. The Balaban J connectivity index is -0.0000000380. The molecule has 0 amide bonds. The van der Waals surface area contributed by atoms with Gasteiger partial charge in [-0.1, -0.05) is 53.0 Å². The lowest BCUT2D eigenvalue weighted by Gasteiger charge is -1.77. The Kier molecular flexibility index (Phi) is 29.7. The van der Waals surface area contributed by atoms with E-state index in [1.807, 2.05) is 0 Å². The lowest BCUT2D eigenvalue weighted by Crippen LogP contribution is -1.55. The van der Waals surface area contributed by atoms with Crippen molar-refractivity contribution in [1.82, 2.24) is 0 Å². The summed E-state index contributed by atoms with van der Waals surface area (Å²) in [4.78, 5) is 0. The molecule has 0 heterocycles. The highest BCUT2D eigenvalue weighted by Crippen LogP contribution is 2.13. The summed E-state index contributed by atoms with van der Waals surface area (Å²) in [7, 11) is 0. The molecule has 0 atom stereocenters. The molecule has 0 N–H and O–H groups in total. The first-order valence-electron chi connectivity index (χ1n) is 4.75. The van der Waals surface area contributed by atoms with Gasteiger partial charge in [0.2, 0.25) is 0 Å². The standard InChI is InChI=1S/C3H3Cl2F.2C3H4ClF.C3H5F.2H2/c1-2(6)3(4)5;2*1-3(5)2-4;1-3(2)4;;/h1H3;2*2H,1H3;1H2,2H3;2*1H/b;3-2+;3-2-;;;.